The fourth-order valence-corrected chi connectivity index (χ4v) is 3.53. The van der Waals surface area contributed by atoms with E-state index in [0.29, 0.717) is 11.5 Å². The van der Waals surface area contributed by atoms with E-state index in [0.717, 1.165) is 24.8 Å². The average molecular weight is 289 g/mol. The molecule has 1 aliphatic carbocycles. The van der Waals surface area contributed by atoms with Crippen LogP contribution in [0.25, 0.3) is 0 Å². The Hall–Kier alpha value is -1.02. The van der Waals surface area contributed by atoms with E-state index >= 15 is 0 Å². The van der Waals surface area contributed by atoms with E-state index in [1.165, 1.54) is 31.2 Å². The first kappa shape index (κ1) is 16.4. The second-order valence-electron chi connectivity index (χ2n) is 7.32. The number of rotatable bonds is 5. The molecule has 2 unspecified atom stereocenters. The third kappa shape index (κ3) is 4.74. The molecule has 2 atom stereocenters. The van der Waals surface area contributed by atoms with Crippen molar-refractivity contribution < 1.29 is 4.74 Å². The zero-order chi connectivity index (χ0) is 15.3. The summed E-state index contributed by atoms with van der Waals surface area (Å²) in [4.78, 5) is 0. The first-order chi connectivity index (χ1) is 10.0. The molecule has 1 aliphatic rings. The van der Waals surface area contributed by atoms with Crippen molar-refractivity contribution in [2.75, 3.05) is 6.61 Å². The van der Waals surface area contributed by atoms with E-state index in [9.17, 15) is 0 Å². The van der Waals surface area contributed by atoms with Crippen LogP contribution in [0.3, 0.4) is 0 Å². The van der Waals surface area contributed by atoms with Crippen LogP contribution in [0.5, 0.6) is 5.75 Å². The third-order valence-electron chi connectivity index (χ3n) is 4.68. The van der Waals surface area contributed by atoms with Crippen LogP contribution in [0.1, 0.15) is 58.9 Å². The van der Waals surface area contributed by atoms with Crippen LogP contribution in [-0.2, 0) is 6.54 Å². The Labute approximate surface area is 130 Å². The van der Waals surface area contributed by atoms with Crippen molar-refractivity contribution in [2.45, 2.75) is 66.0 Å². The van der Waals surface area contributed by atoms with Gasteiger partial charge in [0.25, 0.3) is 0 Å². The van der Waals surface area contributed by atoms with E-state index < -0.39 is 0 Å². The minimum atomic E-state index is 0.400. The highest BCUT2D eigenvalue weighted by Gasteiger charge is 2.33. The molecule has 118 valence electrons. The minimum Gasteiger partial charge on any atom is -0.494 e. The lowest BCUT2D eigenvalue weighted by Gasteiger charge is -2.41. The van der Waals surface area contributed by atoms with Crippen molar-refractivity contribution in [3.8, 4) is 5.75 Å². The van der Waals surface area contributed by atoms with Crippen LogP contribution < -0.4 is 10.1 Å². The van der Waals surface area contributed by atoms with Crippen LogP contribution in [-0.4, -0.2) is 12.6 Å². The molecule has 0 heterocycles. The summed E-state index contributed by atoms with van der Waals surface area (Å²) in [6.45, 7) is 10.9. The summed E-state index contributed by atoms with van der Waals surface area (Å²) in [5, 5.41) is 3.81. The average Bonchev–Trinajstić information content (AvgIpc) is 2.46. The molecule has 2 rings (SSSR count). The smallest absolute Gasteiger partial charge is 0.119 e. The molecule has 1 saturated carbocycles. The third-order valence-corrected chi connectivity index (χ3v) is 4.68. The monoisotopic (exact) mass is 289 g/mol. The molecule has 0 saturated heterocycles. The second-order valence-corrected chi connectivity index (χ2v) is 7.32. The molecule has 2 heteroatoms. The van der Waals surface area contributed by atoms with E-state index in [4.69, 9.17) is 4.74 Å². The van der Waals surface area contributed by atoms with Gasteiger partial charge in [0.15, 0.2) is 0 Å². The van der Waals surface area contributed by atoms with E-state index in [-0.39, 0.29) is 0 Å². The molecule has 0 aromatic heterocycles. The SMILES string of the molecule is CCOc1ccc(CNC2CCCCC2C(C)(C)C)cc1. The number of benzene rings is 1. The maximum Gasteiger partial charge on any atom is 0.119 e. The first-order valence-corrected chi connectivity index (χ1v) is 8.46. The summed E-state index contributed by atoms with van der Waals surface area (Å²) in [7, 11) is 0. The van der Waals surface area contributed by atoms with Crippen molar-refractivity contribution in [3.63, 3.8) is 0 Å². The molecular weight excluding hydrogens is 258 g/mol. The van der Waals surface area contributed by atoms with Gasteiger partial charge in [-0.05, 0) is 48.8 Å². The Morgan fingerprint density at radius 2 is 1.76 bits per heavy atom. The van der Waals surface area contributed by atoms with Crippen molar-refractivity contribution in [1.29, 1.82) is 0 Å². The quantitative estimate of drug-likeness (QED) is 0.842. The Morgan fingerprint density at radius 1 is 1.10 bits per heavy atom. The summed E-state index contributed by atoms with van der Waals surface area (Å²) in [5.74, 6) is 1.75. The molecule has 1 N–H and O–H groups in total. The van der Waals surface area contributed by atoms with Gasteiger partial charge in [0.1, 0.15) is 5.75 Å². The number of hydrogen-bond acceptors (Lipinski definition) is 2. The molecule has 0 radical (unpaired) electrons. The standard InChI is InChI=1S/C19H31NO/c1-5-21-16-12-10-15(11-13-16)14-20-18-9-7-6-8-17(18)19(2,3)4/h10-13,17-18,20H,5-9,14H2,1-4H3. The number of nitrogens with one attached hydrogen (secondary N) is 1. The zero-order valence-corrected chi connectivity index (χ0v) is 14.1. The Morgan fingerprint density at radius 3 is 2.38 bits per heavy atom. The fourth-order valence-electron chi connectivity index (χ4n) is 3.53. The fraction of sp³-hybridized carbons (Fsp3) is 0.684. The maximum absolute atomic E-state index is 5.50. The van der Waals surface area contributed by atoms with E-state index in [1.807, 2.05) is 6.92 Å². The topological polar surface area (TPSA) is 21.3 Å². The second kappa shape index (κ2) is 7.31. The Kier molecular flexibility index (Phi) is 5.69. The molecule has 21 heavy (non-hydrogen) atoms. The molecule has 1 aromatic rings. The highest BCUT2D eigenvalue weighted by molar-refractivity contribution is 5.27. The van der Waals surface area contributed by atoms with Gasteiger partial charge in [-0.15, -0.1) is 0 Å². The molecule has 0 amide bonds. The summed E-state index contributed by atoms with van der Waals surface area (Å²) in [6, 6.07) is 9.15. The zero-order valence-electron chi connectivity index (χ0n) is 14.1. The van der Waals surface area contributed by atoms with Gasteiger partial charge in [-0.3, -0.25) is 0 Å². The van der Waals surface area contributed by atoms with Gasteiger partial charge >= 0.3 is 0 Å². The van der Waals surface area contributed by atoms with Crippen LogP contribution in [0.15, 0.2) is 24.3 Å². The minimum absolute atomic E-state index is 0.400. The summed E-state index contributed by atoms with van der Waals surface area (Å²) < 4.78 is 5.50. The van der Waals surface area contributed by atoms with Crippen LogP contribution in [0, 0.1) is 11.3 Å². The Bertz CT molecular complexity index is 418. The highest BCUT2D eigenvalue weighted by Crippen LogP contribution is 2.38. The van der Waals surface area contributed by atoms with Crippen LogP contribution >= 0.6 is 0 Å². The highest BCUT2D eigenvalue weighted by atomic mass is 16.5. The predicted molar refractivity (Wildman–Crippen MR) is 89.7 cm³/mol. The number of hydrogen-bond donors (Lipinski definition) is 1. The molecule has 2 nitrogen and oxygen atoms in total. The largest absolute Gasteiger partial charge is 0.494 e. The van der Waals surface area contributed by atoms with Crippen molar-refractivity contribution in [1.82, 2.24) is 5.32 Å². The van der Waals surface area contributed by atoms with Gasteiger partial charge in [0.05, 0.1) is 6.61 Å². The van der Waals surface area contributed by atoms with Gasteiger partial charge in [-0.2, -0.15) is 0 Å². The molecule has 1 aromatic carbocycles. The van der Waals surface area contributed by atoms with Gasteiger partial charge in [0, 0.05) is 12.6 Å². The van der Waals surface area contributed by atoms with E-state index in [1.54, 1.807) is 0 Å². The predicted octanol–water partition coefficient (Wildman–Crippen LogP) is 4.78. The summed E-state index contributed by atoms with van der Waals surface area (Å²) in [6.07, 6.45) is 5.44. The molecule has 1 fully saturated rings. The maximum atomic E-state index is 5.50. The molecule has 0 bridgehead atoms. The normalized spacial score (nSPS) is 23.0. The van der Waals surface area contributed by atoms with Gasteiger partial charge in [0.2, 0.25) is 0 Å². The van der Waals surface area contributed by atoms with E-state index in [2.05, 4.69) is 50.4 Å². The first-order valence-electron chi connectivity index (χ1n) is 8.46. The summed E-state index contributed by atoms with van der Waals surface area (Å²) >= 11 is 0. The van der Waals surface area contributed by atoms with Crippen LogP contribution in [0.2, 0.25) is 0 Å². The lowest BCUT2D eigenvalue weighted by Crippen LogP contribution is -2.43. The lowest BCUT2D eigenvalue weighted by atomic mass is 9.69. The summed E-state index contributed by atoms with van der Waals surface area (Å²) in [5.41, 5.74) is 1.74. The van der Waals surface area contributed by atoms with Gasteiger partial charge in [-0.1, -0.05) is 45.7 Å². The molecular formula is C19H31NO. The Balaban J connectivity index is 1.91. The molecule has 0 spiro atoms. The van der Waals surface area contributed by atoms with Crippen molar-refractivity contribution in [2.24, 2.45) is 11.3 Å². The van der Waals surface area contributed by atoms with Gasteiger partial charge < -0.3 is 10.1 Å². The number of ether oxygens (including phenoxy) is 1. The van der Waals surface area contributed by atoms with Crippen molar-refractivity contribution >= 4 is 0 Å². The van der Waals surface area contributed by atoms with Crippen LogP contribution in [0.4, 0.5) is 0 Å². The van der Waals surface area contributed by atoms with Gasteiger partial charge in [-0.25, -0.2) is 0 Å². The lowest BCUT2D eigenvalue weighted by molar-refractivity contribution is 0.130. The van der Waals surface area contributed by atoms with Crippen molar-refractivity contribution in [3.05, 3.63) is 29.8 Å². The molecule has 0 aliphatic heterocycles.